The molecule has 7 heteroatoms. The topological polar surface area (TPSA) is 58.9 Å². The molecule has 0 aliphatic carbocycles. The number of nitrogens with zero attached hydrogens (tertiary/aromatic N) is 3. The molecule has 2 fully saturated rings. The molecule has 3 aromatic rings. The zero-order valence-corrected chi connectivity index (χ0v) is 20.5. The van der Waals surface area contributed by atoms with Crippen LogP contribution in [0.3, 0.4) is 0 Å². The Balaban J connectivity index is 1.39. The van der Waals surface area contributed by atoms with E-state index in [0.717, 1.165) is 60.2 Å². The fraction of sp³-hybridized carbons (Fsp3) is 0.259. The Kier molecular flexibility index (Phi) is 6.30. The summed E-state index contributed by atoms with van der Waals surface area (Å²) in [7, 11) is 0. The normalized spacial score (nSPS) is 18.7. The van der Waals surface area contributed by atoms with Gasteiger partial charge in [0.2, 0.25) is 0 Å². The SMILES string of the molecule is Cc1ccccc1N=C1NC(=O)/C(=C/c2cc(C)n(-c3ccc(N4CCOCC4)cc3)c2C)S1. The molecule has 174 valence electrons. The Morgan fingerprint density at radius 2 is 1.71 bits per heavy atom. The maximum Gasteiger partial charge on any atom is 0.264 e. The minimum Gasteiger partial charge on any atom is -0.378 e. The van der Waals surface area contributed by atoms with Crippen molar-refractivity contribution in [2.45, 2.75) is 20.8 Å². The lowest BCUT2D eigenvalue weighted by molar-refractivity contribution is -0.115. The van der Waals surface area contributed by atoms with Gasteiger partial charge in [-0.05, 0) is 86.1 Å². The van der Waals surface area contributed by atoms with Crippen LogP contribution >= 0.6 is 11.8 Å². The molecule has 2 aliphatic heterocycles. The maximum absolute atomic E-state index is 12.6. The second-order valence-corrected chi connectivity index (χ2v) is 9.58. The molecule has 0 unspecified atom stereocenters. The first kappa shape index (κ1) is 22.5. The number of rotatable bonds is 4. The zero-order valence-electron chi connectivity index (χ0n) is 19.7. The summed E-state index contributed by atoms with van der Waals surface area (Å²) in [5.74, 6) is -0.114. The van der Waals surface area contributed by atoms with E-state index in [4.69, 9.17) is 4.74 Å². The highest BCUT2D eigenvalue weighted by Gasteiger charge is 2.25. The van der Waals surface area contributed by atoms with E-state index in [2.05, 4.69) is 64.0 Å². The van der Waals surface area contributed by atoms with Crippen LogP contribution in [-0.4, -0.2) is 41.9 Å². The summed E-state index contributed by atoms with van der Waals surface area (Å²) in [6.45, 7) is 9.60. The molecule has 1 N–H and O–H groups in total. The van der Waals surface area contributed by atoms with Crippen molar-refractivity contribution in [2.24, 2.45) is 4.99 Å². The van der Waals surface area contributed by atoms with E-state index in [1.807, 2.05) is 37.3 Å². The number of nitrogens with one attached hydrogen (secondary N) is 1. The second-order valence-electron chi connectivity index (χ2n) is 8.55. The average molecular weight is 473 g/mol. The monoisotopic (exact) mass is 472 g/mol. The number of anilines is 1. The third-order valence-corrected chi connectivity index (χ3v) is 7.14. The Morgan fingerprint density at radius 1 is 1.00 bits per heavy atom. The minimum atomic E-state index is -0.114. The van der Waals surface area contributed by atoms with Crippen LogP contribution in [0, 0.1) is 20.8 Å². The number of aromatic nitrogens is 1. The van der Waals surface area contributed by atoms with Gasteiger partial charge in [-0.15, -0.1) is 0 Å². The van der Waals surface area contributed by atoms with Crippen LogP contribution in [0.15, 0.2) is 64.5 Å². The number of carbonyl (C=O) groups is 1. The van der Waals surface area contributed by atoms with Gasteiger partial charge in [-0.2, -0.15) is 0 Å². The summed E-state index contributed by atoms with van der Waals surface area (Å²) in [6, 6.07) is 18.7. The molecule has 2 aromatic carbocycles. The van der Waals surface area contributed by atoms with Gasteiger partial charge in [0.1, 0.15) is 0 Å². The van der Waals surface area contributed by atoms with Crippen molar-refractivity contribution in [3.8, 4) is 5.69 Å². The number of hydrogen-bond donors (Lipinski definition) is 1. The number of carbonyl (C=O) groups excluding carboxylic acids is 1. The molecular formula is C27H28N4O2S. The van der Waals surface area contributed by atoms with Gasteiger partial charge in [-0.1, -0.05) is 18.2 Å². The highest BCUT2D eigenvalue weighted by molar-refractivity contribution is 8.18. The number of aliphatic imine (C=N–C) groups is 1. The smallest absolute Gasteiger partial charge is 0.264 e. The summed E-state index contributed by atoms with van der Waals surface area (Å²) < 4.78 is 7.69. The van der Waals surface area contributed by atoms with E-state index >= 15 is 0 Å². The van der Waals surface area contributed by atoms with Crippen LogP contribution in [-0.2, 0) is 9.53 Å². The van der Waals surface area contributed by atoms with Gasteiger partial charge >= 0.3 is 0 Å². The number of thioether (sulfide) groups is 1. The van der Waals surface area contributed by atoms with Crippen LogP contribution in [0.2, 0.25) is 0 Å². The maximum atomic E-state index is 12.6. The van der Waals surface area contributed by atoms with Crippen molar-refractivity contribution in [1.82, 2.24) is 9.88 Å². The molecule has 0 bridgehead atoms. The van der Waals surface area contributed by atoms with Crippen molar-refractivity contribution < 1.29 is 9.53 Å². The van der Waals surface area contributed by atoms with Crippen molar-refractivity contribution in [1.29, 1.82) is 0 Å². The first-order chi connectivity index (χ1) is 16.5. The second kappa shape index (κ2) is 9.52. The number of amides is 1. The van der Waals surface area contributed by atoms with E-state index in [9.17, 15) is 4.79 Å². The van der Waals surface area contributed by atoms with Crippen LogP contribution in [0.4, 0.5) is 11.4 Å². The minimum absolute atomic E-state index is 0.114. The molecule has 0 saturated carbocycles. The lowest BCUT2D eigenvalue weighted by Gasteiger charge is -2.29. The van der Waals surface area contributed by atoms with Crippen molar-refractivity contribution in [3.63, 3.8) is 0 Å². The summed E-state index contributed by atoms with van der Waals surface area (Å²) in [6.07, 6.45) is 1.96. The van der Waals surface area contributed by atoms with Crippen molar-refractivity contribution >= 4 is 40.3 Å². The molecule has 1 aromatic heterocycles. The van der Waals surface area contributed by atoms with Gasteiger partial charge in [0, 0.05) is 35.9 Å². The van der Waals surface area contributed by atoms with Crippen molar-refractivity contribution in [2.75, 3.05) is 31.2 Å². The van der Waals surface area contributed by atoms with Gasteiger partial charge in [-0.3, -0.25) is 4.79 Å². The number of hydrogen-bond acceptors (Lipinski definition) is 5. The van der Waals surface area contributed by atoms with Gasteiger partial charge in [0.15, 0.2) is 5.17 Å². The molecule has 0 atom stereocenters. The summed E-state index contributed by atoms with van der Waals surface area (Å²) in [5.41, 5.74) is 7.53. The average Bonchev–Trinajstić information content (AvgIpc) is 3.33. The van der Waals surface area contributed by atoms with E-state index in [-0.39, 0.29) is 5.91 Å². The molecule has 0 radical (unpaired) electrons. The fourth-order valence-corrected chi connectivity index (χ4v) is 5.21. The lowest BCUT2D eigenvalue weighted by Crippen LogP contribution is -2.36. The molecular weight excluding hydrogens is 444 g/mol. The molecule has 2 saturated heterocycles. The predicted molar refractivity (Wildman–Crippen MR) is 140 cm³/mol. The number of ether oxygens (including phenoxy) is 1. The Bertz CT molecular complexity index is 1280. The summed E-state index contributed by atoms with van der Waals surface area (Å²) >= 11 is 1.38. The Hall–Kier alpha value is -3.29. The van der Waals surface area contributed by atoms with Gasteiger partial charge in [0.25, 0.3) is 5.91 Å². The van der Waals surface area contributed by atoms with E-state index in [1.165, 1.54) is 17.4 Å². The number of amidine groups is 1. The molecule has 34 heavy (non-hydrogen) atoms. The Morgan fingerprint density at radius 3 is 2.44 bits per heavy atom. The largest absolute Gasteiger partial charge is 0.378 e. The highest BCUT2D eigenvalue weighted by Crippen LogP contribution is 2.31. The van der Waals surface area contributed by atoms with E-state index in [0.29, 0.717) is 10.1 Å². The summed E-state index contributed by atoms with van der Waals surface area (Å²) in [5, 5.41) is 3.50. The third kappa shape index (κ3) is 4.54. The predicted octanol–water partition coefficient (Wildman–Crippen LogP) is 5.13. The van der Waals surface area contributed by atoms with Gasteiger partial charge < -0.3 is 19.5 Å². The van der Waals surface area contributed by atoms with Crippen LogP contribution < -0.4 is 10.2 Å². The number of benzene rings is 2. The van der Waals surface area contributed by atoms with Crippen LogP contribution in [0.25, 0.3) is 11.8 Å². The lowest BCUT2D eigenvalue weighted by atomic mass is 10.2. The molecule has 6 nitrogen and oxygen atoms in total. The molecule has 2 aliphatic rings. The quantitative estimate of drug-likeness (QED) is 0.535. The van der Waals surface area contributed by atoms with Crippen LogP contribution in [0.5, 0.6) is 0 Å². The number of aryl methyl sites for hydroxylation is 2. The van der Waals surface area contributed by atoms with Gasteiger partial charge in [-0.25, -0.2) is 4.99 Å². The standard InChI is InChI=1S/C27H28N4O2S/c1-18-6-4-5-7-24(18)28-27-29-26(32)25(34-27)17-21-16-19(2)31(20(21)3)23-10-8-22(9-11-23)30-12-14-33-15-13-30/h4-11,16-17H,12-15H2,1-3H3,(H,28,29,32)/b25-17-. The van der Waals surface area contributed by atoms with E-state index in [1.54, 1.807) is 0 Å². The van der Waals surface area contributed by atoms with Crippen molar-refractivity contribution in [3.05, 3.63) is 82.0 Å². The first-order valence-corrected chi connectivity index (χ1v) is 12.3. The number of para-hydroxylation sites is 1. The van der Waals surface area contributed by atoms with Crippen LogP contribution in [0.1, 0.15) is 22.5 Å². The molecule has 5 rings (SSSR count). The van der Waals surface area contributed by atoms with E-state index < -0.39 is 0 Å². The highest BCUT2D eigenvalue weighted by atomic mass is 32.2. The molecule has 0 spiro atoms. The number of morpholine rings is 1. The first-order valence-electron chi connectivity index (χ1n) is 11.5. The summed E-state index contributed by atoms with van der Waals surface area (Å²) in [4.78, 5) is 20.3. The molecule has 3 heterocycles. The zero-order chi connectivity index (χ0) is 23.7. The van der Waals surface area contributed by atoms with Gasteiger partial charge in [0.05, 0.1) is 23.8 Å². The fourth-order valence-electron chi connectivity index (χ4n) is 4.39. The Labute approximate surface area is 204 Å². The third-order valence-electron chi connectivity index (χ3n) is 6.23. The molecule has 1 amide bonds.